The lowest BCUT2D eigenvalue weighted by atomic mass is 10.3. The molecule has 0 spiro atoms. The molecule has 0 aliphatic heterocycles. The van der Waals surface area contributed by atoms with Gasteiger partial charge in [0.2, 0.25) is 10.0 Å². The molecule has 0 radical (unpaired) electrons. The third-order valence-electron chi connectivity index (χ3n) is 2.42. The fourth-order valence-corrected chi connectivity index (χ4v) is 2.95. The van der Waals surface area contributed by atoms with Crippen LogP contribution in [0.4, 0.5) is 15.8 Å². The smallest absolute Gasteiger partial charge is 0.232 e. The van der Waals surface area contributed by atoms with Crippen molar-refractivity contribution in [1.82, 2.24) is 0 Å². The largest absolute Gasteiger partial charge is 0.396 e. The number of rotatable bonds is 4. The lowest BCUT2D eigenvalue weighted by molar-refractivity contribution is 0.597. The molecule has 1 aliphatic carbocycles. The molecule has 1 fully saturated rings. The van der Waals surface area contributed by atoms with Crippen LogP contribution in [0.1, 0.15) is 12.8 Å². The summed E-state index contributed by atoms with van der Waals surface area (Å²) < 4.78 is 38.4. The molecule has 0 atom stereocenters. The van der Waals surface area contributed by atoms with E-state index in [1.165, 1.54) is 12.1 Å². The summed E-state index contributed by atoms with van der Waals surface area (Å²) in [6, 6.07) is 3.78. The zero-order valence-corrected chi connectivity index (χ0v) is 9.43. The number of nitrogens with two attached hydrogens (primary N) is 1. The van der Waals surface area contributed by atoms with E-state index >= 15 is 0 Å². The molecule has 0 unspecified atom stereocenters. The number of sulfonamides is 1. The third-order valence-corrected chi connectivity index (χ3v) is 3.88. The molecular formula is C10H13FN2O2S. The van der Waals surface area contributed by atoms with Gasteiger partial charge in [-0.05, 0) is 37.0 Å². The molecule has 88 valence electrons. The van der Waals surface area contributed by atoms with Gasteiger partial charge in [-0.25, -0.2) is 12.8 Å². The topological polar surface area (TPSA) is 72.2 Å². The maximum atomic E-state index is 12.8. The van der Waals surface area contributed by atoms with Crippen molar-refractivity contribution in [2.45, 2.75) is 12.8 Å². The summed E-state index contributed by atoms with van der Waals surface area (Å²) in [5.41, 5.74) is 5.59. The second-order valence-electron chi connectivity index (χ2n) is 4.06. The van der Waals surface area contributed by atoms with Gasteiger partial charge in [-0.15, -0.1) is 0 Å². The number of hydrogen-bond donors (Lipinski definition) is 2. The molecule has 0 bridgehead atoms. The molecule has 3 N–H and O–H groups in total. The maximum absolute atomic E-state index is 12.8. The van der Waals surface area contributed by atoms with Crippen LogP contribution in [0.25, 0.3) is 0 Å². The van der Waals surface area contributed by atoms with Crippen LogP contribution in [-0.4, -0.2) is 14.2 Å². The first-order valence-electron chi connectivity index (χ1n) is 5.02. The van der Waals surface area contributed by atoms with Crippen LogP contribution in [0.2, 0.25) is 0 Å². The van der Waals surface area contributed by atoms with E-state index in [0.29, 0.717) is 5.69 Å². The van der Waals surface area contributed by atoms with Crippen LogP contribution in [0.5, 0.6) is 0 Å². The number of nitrogen functional groups attached to an aromatic ring is 1. The summed E-state index contributed by atoms with van der Waals surface area (Å²) in [6.07, 6.45) is 1.93. The normalized spacial score (nSPS) is 16.1. The predicted octanol–water partition coefficient (Wildman–Crippen LogP) is 1.56. The Balaban J connectivity index is 2.10. The second kappa shape index (κ2) is 3.93. The molecule has 0 amide bonds. The highest BCUT2D eigenvalue weighted by Gasteiger charge is 2.27. The summed E-state index contributed by atoms with van der Waals surface area (Å²) in [6.45, 7) is 0. The van der Waals surface area contributed by atoms with Gasteiger partial charge in [-0.2, -0.15) is 0 Å². The van der Waals surface area contributed by atoms with Crippen LogP contribution in [0.15, 0.2) is 18.2 Å². The van der Waals surface area contributed by atoms with E-state index in [-0.39, 0.29) is 17.4 Å². The standard InChI is InChI=1S/C10H13FN2O2S/c11-9-4-3-8(5-10(9)12)13-16(14,15)6-7-1-2-7/h3-5,7,13H,1-2,6,12H2. The van der Waals surface area contributed by atoms with E-state index in [0.717, 1.165) is 18.9 Å². The number of hydrogen-bond acceptors (Lipinski definition) is 3. The van der Waals surface area contributed by atoms with Gasteiger partial charge in [-0.3, -0.25) is 4.72 Å². The average Bonchev–Trinajstić information content (AvgIpc) is 2.94. The van der Waals surface area contributed by atoms with Crippen molar-refractivity contribution in [1.29, 1.82) is 0 Å². The van der Waals surface area contributed by atoms with E-state index in [1.54, 1.807) is 0 Å². The van der Waals surface area contributed by atoms with E-state index in [1.807, 2.05) is 0 Å². The molecular weight excluding hydrogens is 231 g/mol. The summed E-state index contributed by atoms with van der Waals surface area (Å²) in [4.78, 5) is 0. The third kappa shape index (κ3) is 2.85. The van der Waals surface area contributed by atoms with Gasteiger partial charge < -0.3 is 5.73 Å². The number of nitrogens with one attached hydrogen (secondary N) is 1. The molecule has 0 heterocycles. The fourth-order valence-electron chi connectivity index (χ4n) is 1.42. The van der Waals surface area contributed by atoms with Crippen LogP contribution in [0, 0.1) is 11.7 Å². The van der Waals surface area contributed by atoms with Gasteiger partial charge in [0, 0.05) is 0 Å². The van der Waals surface area contributed by atoms with Crippen LogP contribution in [-0.2, 0) is 10.0 Å². The van der Waals surface area contributed by atoms with Crippen molar-refractivity contribution in [3.63, 3.8) is 0 Å². The number of anilines is 2. The number of benzene rings is 1. The van der Waals surface area contributed by atoms with Crippen molar-refractivity contribution in [3.8, 4) is 0 Å². The van der Waals surface area contributed by atoms with Crippen molar-refractivity contribution >= 4 is 21.4 Å². The zero-order valence-electron chi connectivity index (χ0n) is 8.61. The minimum atomic E-state index is -3.33. The Kier molecular flexibility index (Phi) is 2.75. The Morgan fingerprint density at radius 1 is 1.44 bits per heavy atom. The van der Waals surface area contributed by atoms with Gasteiger partial charge >= 0.3 is 0 Å². The first kappa shape index (κ1) is 11.2. The molecule has 16 heavy (non-hydrogen) atoms. The molecule has 6 heteroatoms. The molecule has 1 aromatic carbocycles. The molecule has 1 saturated carbocycles. The van der Waals surface area contributed by atoms with Crippen LogP contribution in [0.3, 0.4) is 0 Å². The molecule has 4 nitrogen and oxygen atoms in total. The van der Waals surface area contributed by atoms with Gasteiger partial charge in [0.05, 0.1) is 17.1 Å². The highest BCUT2D eigenvalue weighted by molar-refractivity contribution is 7.92. The fraction of sp³-hybridized carbons (Fsp3) is 0.400. The van der Waals surface area contributed by atoms with Crippen molar-refractivity contribution in [2.75, 3.05) is 16.2 Å². The Morgan fingerprint density at radius 2 is 2.12 bits per heavy atom. The minimum absolute atomic E-state index is 0.0633. The van der Waals surface area contributed by atoms with E-state index in [9.17, 15) is 12.8 Å². The zero-order chi connectivity index (χ0) is 11.8. The van der Waals surface area contributed by atoms with Crippen molar-refractivity contribution < 1.29 is 12.8 Å². The van der Waals surface area contributed by atoms with Crippen LogP contribution < -0.4 is 10.5 Å². The van der Waals surface area contributed by atoms with E-state index < -0.39 is 15.8 Å². The Labute approximate surface area is 93.7 Å². The maximum Gasteiger partial charge on any atom is 0.232 e. The molecule has 1 aliphatic rings. The lowest BCUT2D eigenvalue weighted by Crippen LogP contribution is -2.17. The lowest BCUT2D eigenvalue weighted by Gasteiger charge is -2.08. The SMILES string of the molecule is Nc1cc(NS(=O)(=O)CC2CC2)ccc1F. The summed E-state index contributed by atoms with van der Waals surface area (Å²) in [5, 5.41) is 0. The van der Waals surface area contributed by atoms with Gasteiger partial charge in [-0.1, -0.05) is 0 Å². The Bertz CT molecular complexity index is 498. The summed E-state index contributed by atoms with van der Waals surface area (Å²) in [7, 11) is -3.33. The quantitative estimate of drug-likeness (QED) is 0.789. The Morgan fingerprint density at radius 3 is 2.69 bits per heavy atom. The number of halogens is 1. The van der Waals surface area contributed by atoms with Crippen molar-refractivity contribution in [2.24, 2.45) is 5.92 Å². The summed E-state index contributed by atoms with van der Waals surface area (Å²) in [5.74, 6) is -0.148. The van der Waals surface area contributed by atoms with Gasteiger partial charge in [0.15, 0.2) is 0 Å². The van der Waals surface area contributed by atoms with E-state index in [2.05, 4.69) is 4.72 Å². The van der Waals surface area contributed by atoms with Gasteiger partial charge in [0.25, 0.3) is 0 Å². The molecule has 2 rings (SSSR count). The van der Waals surface area contributed by atoms with Gasteiger partial charge in [0.1, 0.15) is 5.82 Å². The minimum Gasteiger partial charge on any atom is -0.396 e. The highest BCUT2D eigenvalue weighted by atomic mass is 32.2. The average molecular weight is 244 g/mol. The highest BCUT2D eigenvalue weighted by Crippen LogP contribution is 2.30. The first-order chi connectivity index (χ1) is 7.46. The summed E-state index contributed by atoms with van der Waals surface area (Å²) >= 11 is 0. The Hall–Kier alpha value is -1.30. The predicted molar refractivity (Wildman–Crippen MR) is 60.9 cm³/mol. The first-order valence-corrected chi connectivity index (χ1v) is 6.67. The second-order valence-corrected chi connectivity index (χ2v) is 5.83. The molecule has 0 saturated heterocycles. The van der Waals surface area contributed by atoms with E-state index in [4.69, 9.17) is 5.73 Å². The molecule has 0 aromatic heterocycles. The van der Waals surface area contributed by atoms with Crippen molar-refractivity contribution in [3.05, 3.63) is 24.0 Å². The van der Waals surface area contributed by atoms with Crippen LogP contribution >= 0.6 is 0 Å². The monoisotopic (exact) mass is 244 g/mol. The molecule has 1 aromatic rings.